The molecule has 0 unspecified atom stereocenters. The first-order valence-corrected chi connectivity index (χ1v) is 6.49. The number of hydrogen-bond acceptors (Lipinski definition) is 4. The van der Waals surface area contributed by atoms with Gasteiger partial charge in [0.25, 0.3) is 0 Å². The first-order chi connectivity index (χ1) is 9.08. The Bertz CT molecular complexity index is 456. The van der Waals surface area contributed by atoms with Gasteiger partial charge >= 0.3 is 5.97 Å². The number of aromatic carboxylic acids is 1. The van der Waals surface area contributed by atoms with E-state index in [0.29, 0.717) is 22.9 Å². The molecule has 0 amide bonds. The fraction of sp³-hybridized carbons (Fsp3) is 0.500. The third kappa shape index (κ3) is 3.38. The quantitative estimate of drug-likeness (QED) is 0.811. The van der Waals surface area contributed by atoms with Gasteiger partial charge in [-0.2, -0.15) is 0 Å². The molecule has 0 saturated carbocycles. The van der Waals surface area contributed by atoms with E-state index in [1.54, 1.807) is 18.2 Å². The van der Waals surface area contributed by atoms with E-state index in [1.807, 2.05) is 11.9 Å². The van der Waals surface area contributed by atoms with Crippen molar-refractivity contribution >= 4 is 17.3 Å². The topological polar surface area (TPSA) is 75.8 Å². The maximum absolute atomic E-state index is 11.2. The molecule has 0 bridgehead atoms. The minimum Gasteiger partial charge on any atom is -0.478 e. The van der Waals surface area contributed by atoms with E-state index in [2.05, 4.69) is 0 Å². The molecule has 5 heteroatoms. The summed E-state index contributed by atoms with van der Waals surface area (Å²) in [6, 6.07) is 4.91. The number of rotatable bonds is 4. The molecule has 1 aliphatic heterocycles. The van der Waals surface area contributed by atoms with Crippen LogP contribution in [0.15, 0.2) is 18.2 Å². The lowest BCUT2D eigenvalue weighted by atomic mass is 9.99. The Kier molecular flexibility index (Phi) is 4.27. The highest BCUT2D eigenvalue weighted by Gasteiger charge is 2.19. The Morgan fingerprint density at radius 2 is 2.16 bits per heavy atom. The van der Waals surface area contributed by atoms with Gasteiger partial charge in [0.2, 0.25) is 0 Å². The van der Waals surface area contributed by atoms with Crippen LogP contribution >= 0.6 is 0 Å². The molecular formula is C14H20N2O3. The van der Waals surface area contributed by atoms with Crippen LogP contribution in [-0.2, 0) is 4.74 Å². The predicted octanol–water partition coefficient (Wildman–Crippen LogP) is 1.83. The van der Waals surface area contributed by atoms with Gasteiger partial charge in [-0.3, -0.25) is 0 Å². The van der Waals surface area contributed by atoms with Crippen molar-refractivity contribution in [3.63, 3.8) is 0 Å². The summed E-state index contributed by atoms with van der Waals surface area (Å²) in [5.41, 5.74) is 7.32. The van der Waals surface area contributed by atoms with E-state index in [9.17, 15) is 9.90 Å². The van der Waals surface area contributed by atoms with Gasteiger partial charge in [-0.15, -0.1) is 0 Å². The van der Waals surface area contributed by atoms with E-state index in [4.69, 9.17) is 10.5 Å². The first kappa shape index (κ1) is 13.7. The third-order valence-corrected chi connectivity index (χ3v) is 3.54. The van der Waals surface area contributed by atoms with E-state index < -0.39 is 5.97 Å². The van der Waals surface area contributed by atoms with Crippen molar-refractivity contribution in [2.45, 2.75) is 12.8 Å². The van der Waals surface area contributed by atoms with Gasteiger partial charge in [0.05, 0.1) is 11.3 Å². The van der Waals surface area contributed by atoms with Crippen LogP contribution < -0.4 is 10.6 Å². The van der Waals surface area contributed by atoms with Gasteiger partial charge in [-0.25, -0.2) is 4.79 Å². The van der Waals surface area contributed by atoms with Gasteiger partial charge in [-0.05, 0) is 37.0 Å². The van der Waals surface area contributed by atoms with Crippen molar-refractivity contribution in [3.8, 4) is 0 Å². The van der Waals surface area contributed by atoms with Crippen molar-refractivity contribution in [2.75, 3.05) is 37.4 Å². The minimum atomic E-state index is -0.922. The number of nitrogens with zero attached hydrogens (tertiary/aromatic N) is 1. The normalized spacial score (nSPS) is 16.3. The summed E-state index contributed by atoms with van der Waals surface area (Å²) >= 11 is 0. The highest BCUT2D eigenvalue weighted by molar-refractivity contribution is 5.95. The molecule has 0 spiro atoms. The van der Waals surface area contributed by atoms with E-state index in [-0.39, 0.29) is 0 Å². The largest absolute Gasteiger partial charge is 0.478 e. The molecule has 1 saturated heterocycles. The molecule has 19 heavy (non-hydrogen) atoms. The average molecular weight is 264 g/mol. The third-order valence-electron chi connectivity index (χ3n) is 3.54. The Hall–Kier alpha value is -1.75. The monoisotopic (exact) mass is 264 g/mol. The zero-order valence-electron chi connectivity index (χ0n) is 11.1. The molecule has 1 aromatic rings. The smallest absolute Gasteiger partial charge is 0.337 e. The van der Waals surface area contributed by atoms with Crippen LogP contribution in [0, 0.1) is 5.92 Å². The lowest BCUT2D eigenvalue weighted by molar-refractivity contribution is 0.0678. The summed E-state index contributed by atoms with van der Waals surface area (Å²) in [6.07, 6.45) is 2.05. The van der Waals surface area contributed by atoms with Gasteiger partial charge in [0.15, 0.2) is 0 Å². The Morgan fingerprint density at radius 3 is 2.79 bits per heavy atom. The number of nitrogens with two attached hydrogens (primary N) is 1. The van der Waals surface area contributed by atoms with Crippen LogP contribution in [0.25, 0.3) is 0 Å². The number of carbonyl (C=O) groups is 1. The van der Waals surface area contributed by atoms with Crippen LogP contribution in [-0.4, -0.2) is 37.9 Å². The fourth-order valence-electron chi connectivity index (χ4n) is 2.46. The summed E-state index contributed by atoms with van der Waals surface area (Å²) in [4.78, 5) is 13.2. The molecule has 0 aromatic heterocycles. The van der Waals surface area contributed by atoms with Crippen LogP contribution in [0.4, 0.5) is 11.4 Å². The number of carboxylic acids is 1. The molecule has 3 N–H and O–H groups in total. The lowest BCUT2D eigenvalue weighted by Crippen LogP contribution is -2.30. The van der Waals surface area contributed by atoms with Crippen LogP contribution in [0.1, 0.15) is 23.2 Å². The molecule has 5 nitrogen and oxygen atoms in total. The first-order valence-electron chi connectivity index (χ1n) is 6.49. The number of anilines is 2. The molecule has 0 atom stereocenters. The van der Waals surface area contributed by atoms with E-state index in [1.165, 1.54) is 0 Å². The molecule has 0 radical (unpaired) electrons. The molecule has 104 valence electrons. The standard InChI is InChI=1S/C14H20N2O3/c1-16(9-10-4-6-19-7-5-10)13-8-11(15)2-3-12(13)14(17)18/h2-3,8,10H,4-7,9,15H2,1H3,(H,17,18). The van der Waals surface area contributed by atoms with Crippen molar-refractivity contribution in [3.05, 3.63) is 23.8 Å². The molecule has 1 aliphatic rings. The molecular weight excluding hydrogens is 244 g/mol. The average Bonchev–Trinajstić information content (AvgIpc) is 2.39. The number of ether oxygens (including phenoxy) is 1. The zero-order chi connectivity index (χ0) is 13.8. The highest BCUT2D eigenvalue weighted by atomic mass is 16.5. The van der Waals surface area contributed by atoms with Crippen molar-refractivity contribution in [1.82, 2.24) is 0 Å². The fourth-order valence-corrected chi connectivity index (χ4v) is 2.46. The molecule has 2 rings (SSSR count). The summed E-state index contributed by atoms with van der Waals surface area (Å²) in [7, 11) is 1.91. The second kappa shape index (κ2) is 5.93. The number of hydrogen-bond donors (Lipinski definition) is 2. The minimum absolute atomic E-state index is 0.295. The predicted molar refractivity (Wildman–Crippen MR) is 74.6 cm³/mol. The molecule has 1 aromatic carbocycles. The molecule has 1 heterocycles. The second-order valence-electron chi connectivity index (χ2n) is 5.02. The molecule has 1 fully saturated rings. The van der Waals surface area contributed by atoms with Crippen LogP contribution in [0.2, 0.25) is 0 Å². The van der Waals surface area contributed by atoms with Crippen LogP contribution in [0.3, 0.4) is 0 Å². The SMILES string of the molecule is CN(CC1CCOCC1)c1cc(N)ccc1C(=O)O. The van der Waals surface area contributed by atoms with Crippen molar-refractivity contribution in [1.29, 1.82) is 0 Å². The summed E-state index contributed by atoms with van der Waals surface area (Å²) in [5.74, 6) is -0.379. The van der Waals surface area contributed by atoms with E-state index in [0.717, 1.165) is 32.6 Å². The maximum Gasteiger partial charge on any atom is 0.337 e. The summed E-state index contributed by atoms with van der Waals surface area (Å²) in [6.45, 7) is 2.41. The van der Waals surface area contributed by atoms with Gasteiger partial charge in [0, 0.05) is 32.5 Å². The summed E-state index contributed by atoms with van der Waals surface area (Å²) in [5, 5.41) is 9.22. The Morgan fingerprint density at radius 1 is 1.47 bits per heavy atom. The number of carboxylic acid groups (broad SMARTS) is 1. The van der Waals surface area contributed by atoms with Crippen LogP contribution in [0.5, 0.6) is 0 Å². The van der Waals surface area contributed by atoms with Gasteiger partial charge in [0.1, 0.15) is 0 Å². The van der Waals surface area contributed by atoms with E-state index >= 15 is 0 Å². The lowest BCUT2D eigenvalue weighted by Gasteiger charge is -2.29. The maximum atomic E-state index is 11.2. The Balaban J connectivity index is 2.14. The van der Waals surface area contributed by atoms with Gasteiger partial charge < -0.3 is 20.5 Å². The Labute approximate surface area is 113 Å². The van der Waals surface area contributed by atoms with Gasteiger partial charge in [-0.1, -0.05) is 0 Å². The second-order valence-corrected chi connectivity index (χ2v) is 5.02. The molecule has 0 aliphatic carbocycles. The van der Waals surface area contributed by atoms with Crippen molar-refractivity contribution < 1.29 is 14.6 Å². The number of benzene rings is 1. The highest BCUT2D eigenvalue weighted by Crippen LogP contribution is 2.25. The summed E-state index contributed by atoms with van der Waals surface area (Å²) < 4.78 is 5.34. The number of nitrogen functional groups attached to an aromatic ring is 1. The zero-order valence-corrected chi connectivity index (χ0v) is 11.1. The van der Waals surface area contributed by atoms with Crippen molar-refractivity contribution in [2.24, 2.45) is 5.92 Å².